The summed E-state index contributed by atoms with van der Waals surface area (Å²) in [5.41, 5.74) is 0. The molecule has 0 radical (unpaired) electrons. The second-order valence-corrected chi connectivity index (χ2v) is 2.43. The Morgan fingerprint density at radius 2 is 1.14 bits per heavy atom. The minimum Gasteiger partial charge on any atom is -0.356 e. The van der Waals surface area contributed by atoms with Crippen LogP contribution in [-0.4, -0.2) is 40.0 Å². The van der Waals surface area contributed by atoms with E-state index >= 15 is 0 Å². The fourth-order valence-electron chi connectivity index (χ4n) is 0.653. The monoisotopic (exact) mass is 204 g/mol. The Bertz CT molecular complexity index is 111. The molecule has 0 aliphatic rings. The van der Waals surface area contributed by atoms with Gasteiger partial charge in [0.15, 0.2) is 0 Å². The Balaban J connectivity index is 2.96. The van der Waals surface area contributed by atoms with E-state index in [1.165, 1.54) is 0 Å². The van der Waals surface area contributed by atoms with Gasteiger partial charge in [0.1, 0.15) is 13.6 Å². The maximum Gasteiger partial charge on any atom is 0.147 e. The summed E-state index contributed by atoms with van der Waals surface area (Å²) in [6.45, 7) is 7.03. The van der Waals surface area contributed by atoms with E-state index in [1.807, 2.05) is 26.0 Å². The average Bonchev–Trinajstić information content (AvgIpc) is 2.21. The molecule has 0 aromatic carbocycles. The molecule has 0 aliphatic heterocycles. The lowest BCUT2D eigenvalue weighted by molar-refractivity contribution is -0.0423. The second-order valence-electron chi connectivity index (χ2n) is 2.43. The van der Waals surface area contributed by atoms with Gasteiger partial charge in [0.2, 0.25) is 0 Å². The smallest absolute Gasteiger partial charge is 0.147 e. The maximum absolute atomic E-state index is 5.11. The van der Waals surface area contributed by atoms with Crippen LogP contribution in [0.25, 0.3) is 0 Å². The van der Waals surface area contributed by atoms with E-state index in [4.69, 9.17) is 18.9 Å². The SMILES string of the molecule is CCOCOCC=CCOCOCC. The summed E-state index contributed by atoms with van der Waals surface area (Å²) < 4.78 is 20.2. The number of ether oxygens (including phenoxy) is 4. The van der Waals surface area contributed by atoms with Gasteiger partial charge in [0.05, 0.1) is 13.2 Å². The summed E-state index contributed by atoms with van der Waals surface area (Å²) in [7, 11) is 0. The van der Waals surface area contributed by atoms with E-state index < -0.39 is 0 Å². The minimum atomic E-state index is 0.348. The molecule has 4 heteroatoms. The third-order valence-electron chi connectivity index (χ3n) is 1.34. The topological polar surface area (TPSA) is 36.9 Å². The molecule has 0 aromatic rings. The van der Waals surface area contributed by atoms with Crippen LogP contribution in [0.1, 0.15) is 13.8 Å². The zero-order valence-corrected chi connectivity index (χ0v) is 9.03. The molecule has 0 atom stereocenters. The van der Waals surface area contributed by atoms with E-state index in [-0.39, 0.29) is 0 Å². The first kappa shape index (κ1) is 13.6. The molecule has 84 valence electrons. The summed E-state index contributed by atoms with van der Waals surface area (Å²) >= 11 is 0. The summed E-state index contributed by atoms with van der Waals surface area (Å²) in [5, 5.41) is 0. The van der Waals surface area contributed by atoms with Crippen molar-refractivity contribution >= 4 is 0 Å². The van der Waals surface area contributed by atoms with E-state index in [1.54, 1.807) is 0 Å². The largest absolute Gasteiger partial charge is 0.356 e. The summed E-state index contributed by atoms with van der Waals surface area (Å²) in [6.07, 6.45) is 3.79. The Labute approximate surface area is 85.8 Å². The molecule has 0 spiro atoms. The number of hydrogen-bond acceptors (Lipinski definition) is 4. The highest BCUT2D eigenvalue weighted by Crippen LogP contribution is 1.83. The van der Waals surface area contributed by atoms with Gasteiger partial charge in [-0.3, -0.25) is 0 Å². The van der Waals surface area contributed by atoms with Crippen molar-refractivity contribution in [3.8, 4) is 0 Å². The van der Waals surface area contributed by atoms with Crippen molar-refractivity contribution in [2.75, 3.05) is 40.0 Å². The molecule has 0 amide bonds. The fourth-order valence-corrected chi connectivity index (χ4v) is 0.653. The van der Waals surface area contributed by atoms with Gasteiger partial charge in [0, 0.05) is 13.2 Å². The van der Waals surface area contributed by atoms with Crippen LogP contribution in [0.3, 0.4) is 0 Å². The van der Waals surface area contributed by atoms with Crippen LogP contribution in [0.2, 0.25) is 0 Å². The van der Waals surface area contributed by atoms with Crippen LogP contribution in [0.4, 0.5) is 0 Å². The molecule has 0 N–H and O–H groups in total. The van der Waals surface area contributed by atoms with Gasteiger partial charge in [-0.05, 0) is 13.8 Å². The van der Waals surface area contributed by atoms with E-state index in [9.17, 15) is 0 Å². The van der Waals surface area contributed by atoms with Crippen LogP contribution in [0.5, 0.6) is 0 Å². The predicted molar refractivity (Wildman–Crippen MR) is 54.0 cm³/mol. The first-order valence-electron chi connectivity index (χ1n) is 4.87. The lowest BCUT2D eigenvalue weighted by atomic mass is 10.5. The van der Waals surface area contributed by atoms with Crippen LogP contribution >= 0.6 is 0 Å². The third-order valence-corrected chi connectivity index (χ3v) is 1.34. The summed E-state index contributed by atoms with van der Waals surface area (Å²) in [6, 6.07) is 0. The summed E-state index contributed by atoms with van der Waals surface area (Å²) in [5.74, 6) is 0. The van der Waals surface area contributed by atoms with Gasteiger partial charge in [-0.2, -0.15) is 0 Å². The molecule has 0 aromatic heterocycles. The number of rotatable bonds is 10. The molecular weight excluding hydrogens is 184 g/mol. The van der Waals surface area contributed by atoms with Gasteiger partial charge in [-0.25, -0.2) is 0 Å². The quantitative estimate of drug-likeness (QED) is 0.307. The number of hydrogen-bond donors (Lipinski definition) is 0. The maximum atomic E-state index is 5.11. The van der Waals surface area contributed by atoms with Crippen molar-refractivity contribution in [1.29, 1.82) is 0 Å². The van der Waals surface area contributed by atoms with Crippen LogP contribution in [0.15, 0.2) is 12.2 Å². The zero-order chi connectivity index (χ0) is 10.5. The van der Waals surface area contributed by atoms with E-state index in [0.29, 0.717) is 40.0 Å². The van der Waals surface area contributed by atoms with Crippen molar-refractivity contribution in [2.24, 2.45) is 0 Å². The molecule has 0 fully saturated rings. The molecule has 0 bridgehead atoms. The Morgan fingerprint density at radius 1 is 0.714 bits per heavy atom. The minimum absolute atomic E-state index is 0.348. The van der Waals surface area contributed by atoms with E-state index in [0.717, 1.165) is 0 Å². The second kappa shape index (κ2) is 12.6. The van der Waals surface area contributed by atoms with Gasteiger partial charge >= 0.3 is 0 Å². The van der Waals surface area contributed by atoms with Crippen LogP contribution in [-0.2, 0) is 18.9 Å². The standard InChI is InChI=1S/C10H20O4/c1-3-11-9-13-7-5-6-8-14-10-12-4-2/h5-6H,3-4,7-10H2,1-2H3. The van der Waals surface area contributed by atoms with Crippen molar-refractivity contribution in [1.82, 2.24) is 0 Å². The zero-order valence-electron chi connectivity index (χ0n) is 9.03. The Morgan fingerprint density at radius 3 is 1.50 bits per heavy atom. The van der Waals surface area contributed by atoms with Gasteiger partial charge in [0.25, 0.3) is 0 Å². The van der Waals surface area contributed by atoms with Crippen LogP contribution in [0, 0.1) is 0 Å². The van der Waals surface area contributed by atoms with Crippen molar-refractivity contribution in [2.45, 2.75) is 13.8 Å². The Hall–Kier alpha value is -0.420. The molecular formula is C10H20O4. The first-order chi connectivity index (χ1) is 6.91. The van der Waals surface area contributed by atoms with Gasteiger partial charge < -0.3 is 18.9 Å². The lowest BCUT2D eigenvalue weighted by Crippen LogP contribution is -2.00. The highest BCUT2D eigenvalue weighted by Gasteiger charge is 1.83. The molecule has 4 nitrogen and oxygen atoms in total. The molecule has 0 saturated carbocycles. The molecule has 0 saturated heterocycles. The highest BCUT2D eigenvalue weighted by atomic mass is 16.7. The molecule has 0 unspecified atom stereocenters. The van der Waals surface area contributed by atoms with Gasteiger partial charge in [-0.15, -0.1) is 0 Å². The Kier molecular flexibility index (Phi) is 12.2. The highest BCUT2D eigenvalue weighted by molar-refractivity contribution is 4.80. The molecule has 0 aliphatic carbocycles. The van der Waals surface area contributed by atoms with Crippen LogP contribution < -0.4 is 0 Å². The normalized spacial score (nSPS) is 11.3. The fraction of sp³-hybridized carbons (Fsp3) is 0.800. The lowest BCUT2D eigenvalue weighted by Gasteiger charge is -2.01. The average molecular weight is 204 g/mol. The van der Waals surface area contributed by atoms with Crippen molar-refractivity contribution in [3.05, 3.63) is 12.2 Å². The summed E-state index contributed by atoms with van der Waals surface area (Å²) in [4.78, 5) is 0. The third kappa shape index (κ3) is 11.6. The molecule has 14 heavy (non-hydrogen) atoms. The molecule has 0 rings (SSSR count). The van der Waals surface area contributed by atoms with Gasteiger partial charge in [-0.1, -0.05) is 12.2 Å². The van der Waals surface area contributed by atoms with Crippen molar-refractivity contribution in [3.63, 3.8) is 0 Å². The van der Waals surface area contributed by atoms with E-state index in [2.05, 4.69) is 0 Å². The van der Waals surface area contributed by atoms with Crippen molar-refractivity contribution < 1.29 is 18.9 Å². The predicted octanol–water partition coefficient (Wildman–Crippen LogP) is 1.56. The first-order valence-corrected chi connectivity index (χ1v) is 4.87. The molecule has 0 heterocycles.